The zero-order valence-electron chi connectivity index (χ0n) is 20.2. The molecule has 1 aliphatic heterocycles. The predicted molar refractivity (Wildman–Crippen MR) is 144 cm³/mol. The van der Waals surface area contributed by atoms with E-state index >= 15 is 0 Å². The van der Waals surface area contributed by atoms with Crippen molar-refractivity contribution in [1.82, 2.24) is 0 Å². The van der Waals surface area contributed by atoms with Crippen LogP contribution in [0.3, 0.4) is 0 Å². The van der Waals surface area contributed by atoms with Gasteiger partial charge in [-0.15, -0.1) is 0 Å². The van der Waals surface area contributed by atoms with Crippen LogP contribution in [0.15, 0.2) is 77.7 Å². The zero-order chi connectivity index (χ0) is 24.9. The lowest BCUT2D eigenvalue weighted by Gasteiger charge is -2.38. The Morgan fingerprint density at radius 3 is 2.37 bits per heavy atom. The molecule has 1 amide bonds. The van der Waals surface area contributed by atoms with Crippen LogP contribution in [0.2, 0.25) is 0 Å². The minimum atomic E-state index is -2.97. The van der Waals surface area contributed by atoms with E-state index in [9.17, 15) is 9.36 Å². The standard InChI is InChI=1S/C28H32NO4PS/c1-21-6-8-23(9-7-21)24-5-3-4-22(20-24)14-17-33-25-10-12-26(13-11-25)35-34(2,31)28(27(29)30)15-18-32-19-16-28/h3-13,20H,14-19H2,1-2H3,(H2,29,30). The van der Waals surface area contributed by atoms with Crippen LogP contribution in [-0.4, -0.2) is 37.5 Å². The van der Waals surface area contributed by atoms with E-state index in [-0.39, 0.29) is 0 Å². The third kappa shape index (κ3) is 6.00. The summed E-state index contributed by atoms with van der Waals surface area (Å²) in [6.07, 6.45) is -1.37. The number of carbonyl (C=O) groups excluding carboxylic acids is 1. The maximum atomic E-state index is 13.6. The van der Waals surface area contributed by atoms with Crippen molar-refractivity contribution >= 4 is 23.6 Å². The van der Waals surface area contributed by atoms with E-state index in [4.69, 9.17) is 15.2 Å². The normalized spacial score (nSPS) is 16.9. The molecule has 1 aliphatic rings. The average Bonchev–Trinajstić information content (AvgIpc) is 2.86. The summed E-state index contributed by atoms with van der Waals surface area (Å²) in [6, 6.07) is 24.6. The van der Waals surface area contributed by atoms with Gasteiger partial charge < -0.3 is 19.8 Å². The number of benzene rings is 3. The topological polar surface area (TPSA) is 78.6 Å². The van der Waals surface area contributed by atoms with E-state index in [2.05, 4.69) is 55.5 Å². The molecule has 5 nitrogen and oxygen atoms in total. The second-order valence-corrected chi connectivity index (χ2v) is 14.9. The third-order valence-corrected chi connectivity index (χ3v) is 12.4. The summed E-state index contributed by atoms with van der Waals surface area (Å²) in [7, 11) is 0. The molecule has 0 spiro atoms. The molecule has 1 unspecified atom stereocenters. The van der Waals surface area contributed by atoms with Crippen LogP contribution in [0.4, 0.5) is 0 Å². The Kier molecular flexibility index (Phi) is 8.05. The highest BCUT2D eigenvalue weighted by Gasteiger charge is 2.51. The second kappa shape index (κ2) is 11.0. The quantitative estimate of drug-likeness (QED) is 0.342. The first kappa shape index (κ1) is 25.6. The van der Waals surface area contributed by atoms with Crippen LogP contribution >= 0.6 is 17.7 Å². The molecule has 1 heterocycles. The number of carbonyl (C=O) groups is 1. The molecule has 3 aromatic carbocycles. The van der Waals surface area contributed by atoms with Crippen molar-refractivity contribution in [1.29, 1.82) is 0 Å². The van der Waals surface area contributed by atoms with Crippen molar-refractivity contribution in [3.8, 4) is 16.9 Å². The summed E-state index contributed by atoms with van der Waals surface area (Å²) >= 11 is 1.25. The first-order valence-corrected chi connectivity index (χ1v) is 15.4. The highest BCUT2D eigenvalue weighted by molar-refractivity contribution is 8.58. The van der Waals surface area contributed by atoms with E-state index < -0.39 is 17.4 Å². The molecular weight excluding hydrogens is 477 g/mol. The first-order chi connectivity index (χ1) is 16.8. The van der Waals surface area contributed by atoms with Gasteiger partial charge in [0.15, 0.2) is 6.34 Å². The summed E-state index contributed by atoms with van der Waals surface area (Å²) in [5.41, 5.74) is 10.6. The van der Waals surface area contributed by atoms with Crippen LogP contribution < -0.4 is 10.5 Å². The Bertz CT molecular complexity index is 1200. The second-order valence-electron chi connectivity index (χ2n) is 9.08. The number of amides is 1. The molecule has 184 valence electrons. The maximum Gasteiger partial charge on any atom is 0.232 e. The summed E-state index contributed by atoms with van der Waals surface area (Å²) in [4.78, 5) is 13.1. The number of hydrogen-bond donors (Lipinski definition) is 1. The highest BCUT2D eigenvalue weighted by Crippen LogP contribution is 2.70. The lowest BCUT2D eigenvalue weighted by Crippen LogP contribution is -2.47. The zero-order valence-corrected chi connectivity index (χ0v) is 21.9. The van der Waals surface area contributed by atoms with Crippen molar-refractivity contribution in [3.05, 3.63) is 83.9 Å². The molecule has 35 heavy (non-hydrogen) atoms. The first-order valence-electron chi connectivity index (χ1n) is 11.8. The smallest absolute Gasteiger partial charge is 0.232 e. The summed E-state index contributed by atoms with van der Waals surface area (Å²) < 4.78 is 25.0. The molecule has 0 aromatic heterocycles. The molecule has 0 bridgehead atoms. The van der Waals surface area contributed by atoms with Gasteiger partial charge in [-0.2, -0.15) is 0 Å². The minimum Gasteiger partial charge on any atom is -0.493 e. The molecule has 1 saturated heterocycles. The molecule has 7 heteroatoms. The van der Waals surface area contributed by atoms with Crippen molar-refractivity contribution < 1.29 is 18.8 Å². The number of rotatable bonds is 9. The van der Waals surface area contributed by atoms with Gasteiger partial charge >= 0.3 is 0 Å². The Morgan fingerprint density at radius 1 is 1.03 bits per heavy atom. The minimum absolute atomic E-state index is 0.398. The summed E-state index contributed by atoms with van der Waals surface area (Å²) in [5, 5.41) is -1.02. The van der Waals surface area contributed by atoms with E-state index in [1.807, 2.05) is 24.3 Å². The monoisotopic (exact) mass is 509 g/mol. The van der Waals surface area contributed by atoms with Crippen LogP contribution in [0.1, 0.15) is 24.0 Å². The van der Waals surface area contributed by atoms with Crippen molar-refractivity contribution in [2.24, 2.45) is 5.73 Å². The summed E-state index contributed by atoms with van der Waals surface area (Å²) in [6.45, 7) is 5.13. The molecule has 0 radical (unpaired) electrons. The molecule has 1 fully saturated rings. The number of ether oxygens (including phenoxy) is 2. The molecule has 4 rings (SSSR count). The Hall–Kier alpha value is -2.53. The molecule has 0 aliphatic carbocycles. The Morgan fingerprint density at radius 2 is 1.71 bits per heavy atom. The van der Waals surface area contributed by atoms with Gasteiger partial charge in [-0.05, 0) is 67.4 Å². The SMILES string of the molecule is Cc1ccc(-c2cccc(CCOc3ccc(SP(C)(=O)C4(C(N)=O)CCOCC4)cc3)c2)cc1. The van der Waals surface area contributed by atoms with Crippen molar-refractivity contribution in [3.63, 3.8) is 0 Å². The van der Waals surface area contributed by atoms with Gasteiger partial charge in [-0.3, -0.25) is 4.79 Å². The maximum absolute atomic E-state index is 13.6. The van der Waals surface area contributed by atoms with Gasteiger partial charge in [-0.25, -0.2) is 0 Å². The van der Waals surface area contributed by atoms with E-state index in [1.54, 1.807) is 6.66 Å². The fourth-order valence-corrected chi connectivity index (χ4v) is 9.53. The number of nitrogens with two attached hydrogens (primary N) is 1. The molecular formula is C28H32NO4PS. The van der Waals surface area contributed by atoms with Gasteiger partial charge in [0.05, 0.1) is 6.61 Å². The van der Waals surface area contributed by atoms with Crippen LogP contribution in [0.5, 0.6) is 5.75 Å². The Labute approximate surface area is 211 Å². The highest BCUT2D eigenvalue weighted by atomic mass is 32.7. The van der Waals surface area contributed by atoms with Gasteiger partial charge in [0, 0.05) is 24.5 Å². The lowest BCUT2D eigenvalue weighted by atomic mass is 9.98. The predicted octanol–water partition coefficient (Wildman–Crippen LogP) is 6.32. The summed E-state index contributed by atoms with van der Waals surface area (Å²) in [5.74, 6) is 0.260. The fourth-order valence-electron chi connectivity index (χ4n) is 4.39. The van der Waals surface area contributed by atoms with Crippen LogP contribution in [-0.2, 0) is 20.5 Å². The van der Waals surface area contributed by atoms with Gasteiger partial charge in [0.1, 0.15) is 10.9 Å². The van der Waals surface area contributed by atoms with Gasteiger partial charge in [-0.1, -0.05) is 65.5 Å². The molecule has 0 saturated carbocycles. The van der Waals surface area contributed by atoms with E-state index in [1.165, 1.54) is 33.6 Å². The van der Waals surface area contributed by atoms with Gasteiger partial charge in [0.2, 0.25) is 5.91 Å². The number of aryl methyl sites for hydroxylation is 1. The van der Waals surface area contributed by atoms with Crippen LogP contribution in [0.25, 0.3) is 11.1 Å². The Balaban J connectivity index is 1.34. The van der Waals surface area contributed by atoms with E-state index in [0.29, 0.717) is 32.7 Å². The van der Waals surface area contributed by atoms with Gasteiger partial charge in [0.25, 0.3) is 0 Å². The van der Waals surface area contributed by atoms with Crippen molar-refractivity contribution in [2.45, 2.75) is 36.2 Å². The number of primary amides is 1. The van der Waals surface area contributed by atoms with Crippen molar-refractivity contribution in [2.75, 3.05) is 26.5 Å². The molecule has 3 aromatic rings. The fraction of sp³-hybridized carbons (Fsp3) is 0.321. The third-order valence-electron chi connectivity index (χ3n) is 6.63. The van der Waals surface area contributed by atoms with Crippen LogP contribution in [0, 0.1) is 6.92 Å². The number of hydrogen-bond acceptors (Lipinski definition) is 5. The van der Waals surface area contributed by atoms with E-state index in [0.717, 1.165) is 17.1 Å². The average molecular weight is 510 g/mol. The lowest BCUT2D eigenvalue weighted by molar-refractivity contribution is -0.122. The largest absolute Gasteiger partial charge is 0.493 e. The molecule has 1 atom stereocenters. The molecule has 2 N–H and O–H groups in total.